The number of benzene rings is 1. The van der Waals surface area contributed by atoms with Crippen molar-refractivity contribution in [1.82, 2.24) is 24.7 Å². The third-order valence-electron chi connectivity index (χ3n) is 3.98. The van der Waals surface area contributed by atoms with Gasteiger partial charge in [0.25, 0.3) is 0 Å². The van der Waals surface area contributed by atoms with Gasteiger partial charge in [-0.25, -0.2) is 4.68 Å². The van der Waals surface area contributed by atoms with Gasteiger partial charge in [0, 0.05) is 0 Å². The minimum absolute atomic E-state index is 0.658. The van der Waals surface area contributed by atoms with E-state index in [4.69, 9.17) is 12.2 Å². The van der Waals surface area contributed by atoms with E-state index in [2.05, 4.69) is 35.2 Å². The third kappa shape index (κ3) is 2.41. The largest absolute Gasteiger partial charge is 0.284 e. The van der Waals surface area contributed by atoms with Crippen LogP contribution >= 0.6 is 12.2 Å². The molecule has 3 rings (SSSR count). The second-order valence-corrected chi connectivity index (χ2v) is 5.72. The second kappa shape index (κ2) is 5.46. The first-order valence-electron chi connectivity index (χ1n) is 6.98. The molecule has 1 aliphatic rings. The van der Waals surface area contributed by atoms with Crippen LogP contribution in [-0.4, -0.2) is 37.8 Å². The van der Waals surface area contributed by atoms with Gasteiger partial charge >= 0.3 is 0 Å². The molecule has 2 heterocycles. The van der Waals surface area contributed by atoms with E-state index in [9.17, 15) is 0 Å². The van der Waals surface area contributed by atoms with Gasteiger partial charge in [-0.1, -0.05) is 12.1 Å². The van der Waals surface area contributed by atoms with Crippen LogP contribution in [0.15, 0.2) is 18.2 Å². The van der Waals surface area contributed by atoms with Gasteiger partial charge in [-0.2, -0.15) is 4.68 Å². The molecule has 1 fully saturated rings. The van der Waals surface area contributed by atoms with Crippen LogP contribution in [0.2, 0.25) is 0 Å². The smallest absolute Gasteiger partial charge is 0.221 e. The fourth-order valence-corrected chi connectivity index (χ4v) is 2.82. The maximum atomic E-state index is 5.52. The molecule has 0 unspecified atom stereocenters. The van der Waals surface area contributed by atoms with Gasteiger partial charge in [-0.05, 0) is 79.6 Å². The fourth-order valence-electron chi connectivity index (χ4n) is 2.59. The van der Waals surface area contributed by atoms with Crippen LogP contribution in [0.3, 0.4) is 0 Å². The van der Waals surface area contributed by atoms with Crippen molar-refractivity contribution in [3.63, 3.8) is 0 Å². The Labute approximate surface area is 123 Å². The molecule has 1 aliphatic heterocycles. The van der Waals surface area contributed by atoms with E-state index in [1.165, 1.54) is 24.0 Å². The van der Waals surface area contributed by atoms with Crippen LogP contribution in [0.4, 0.5) is 0 Å². The van der Waals surface area contributed by atoms with Gasteiger partial charge in [0.15, 0.2) is 0 Å². The van der Waals surface area contributed by atoms with Crippen molar-refractivity contribution in [2.75, 3.05) is 13.1 Å². The van der Waals surface area contributed by atoms with E-state index in [0.29, 0.717) is 4.77 Å². The molecule has 1 aromatic carbocycles. The van der Waals surface area contributed by atoms with Gasteiger partial charge in [0.1, 0.15) is 0 Å². The molecule has 2 aromatic rings. The number of aromatic nitrogens is 4. The van der Waals surface area contributed by atoms with E-state index in [-0.39, 0.29) is 0 Å². The van der Waals surface area contributed by atoms with E-state index >= 15 is 0 Å². The van der Waals surface area contributed by atoms with Crippen molar-refractivity contribution < 1.29 is 0 Å². The molecular weight excluding hydrogens is 270 g/mol. The summed E-state index contributed by atoms with van der Waals surface area (Å²) in [6.45, 7) is 7.17. The molecule has 106 valence electrons. The summed E-state index contributed by atoms with van der Waals surface area (Å²) in [5.41, 5.74) is 3.44. The lowest BCUT2D eigenvalue weighted by atomic mass is 10.1. The van der Waals surface area contributed by atoms with Crippen molar-refractivity contribution in [3.8, 4) is 5.69 Å². The predicted molar refractivity (Wildman–Crippen MR) is 80.5 cm³/mol. The maximum Gasteiger partial charge on any atom is 0.221 e. The summed E-state index contributed by atoms with van der Waals surface area (Å²) < 4.78 is 4.22. The van der Waals surface area contributed by atoms with Crippen molar-refractivity contribution in [2.24, 2.45) is 0 Å². The summed E-state index contributed by atoms with van der Waals surface area (Å²) in [6, 6.07) is 6.16. The Morgan fingerprint density at radius 3 is 2.65 bits per heavy atom. The minimum Gasteiger partial charge on any atom is -0.284 e. The van der Waals surface area contributed by atoms with Crippen LogP contribution < -0.4 is 0 Å². The lowest BCUT2D eigenvalue weighted by molar-refractivity contribution is 0.251. The summed E-state index contributed by atoms with van der Waals surface area (Å²) in [6.07, 6.45) is 2.52. The highest BCUT2D eigenvalue weighted by Gasteiger charge is 2.15. The van der Waals surface area contributed by atoms with Gasteiger partial charge in [0.05, 0.1) is 12.4 Å². The SMILES string of the molecule is Cc1cccc(-n2nnn(CN3CCCC3)c2=S)c1C. The third-order valence-corrected chi connectivity index (χ3v) is 4.36. The van der Waals surface area contributed by atoms with E-state index in [0.717, 1.165) is 25.4 Å². The average molecular weight is 289 g/mol. The highest BCUT2D eigenvalue weighted by Crippen LogP contribution is 2.17. The first kappa shape index (κ1) is 13.5. The summed E-state index contributed by atoms with van der Waals surface area (Å²) in [4.78, 5) is 2.36. The Hall–Kier alpha value is -1.53. The van der Waals surface area contributed by atoms with Crippen molar-refractivity contribution in [3.05, 3.63) is 34.1 Å². The Bertz CT molecular complexity index is 666. The molecule has 0 spiro atoms. The molecular formula is C14H19N5S. The molecule has 5 nitrogen and oxygen atoms in total. The highest BCUT2D eigenvalue weighted by molar-refractivity contribution is 7.71. The molecule has 20 heavy (non-hydrogen) atoms. The maximum absolute atomic E-state index is 5.52. The van der Waals surface area contributed by atoms with Crippen LogP contribution in [0.25, 0.3) is 5.69 Å². The molecule has 0 N–H and O–H groups in total. The first-order valence-corrected chi connectivity index (χ1v) is 7.39. The van der Waals surface area contributed by atoms with Gasteiger partial charge < -0.3 is 0 Å². The Morgan fingerprint density at radius 2 is 1.90 bits per heavy atom. The van der Waals surface area contributed by atoms with Crippen LogP contribution in [0.1, 0.15) is 24.0 Å². The number of likely N-dealkylation sites (tertiary alicyclic amines) is 1. The Balaban J connectivity index is 1.93. The molecule has 0 atom stereocenters. The average Bonchev–Trinajstić information content (AvgIpc) is 3.06. The topological polar surface area (TPSA) is 38.9 Å². The van der Waals surface area contributed by atoms with Gasteiger partial charge in [-0.3, -0.25) is 4.90 Å². The van der Waals surface area contributed by atoms with Crippen LogP contribution in [-0.2, 0) is 6.67 Å². The van der Waals surface area contributed by atoms with Gasteiger partial charge in [0.2, 0.25) is 4.77 Å². The van der Waals surface area contributed by atoms with Gasteiger partial charge in [-0.15, -0.1) is 0 Å². The van der Waals surface area contributed by atoms with E-state index in [1.54, 1.807) is 4.68 Å². The van der Waals surface area contributed by atoms with Crippen molar-refractivity contribution in [1.29, 1.82) is 0 Å². The minimum atomic E-state index is 0.658. The van der Waals surface area contributed by atoms with Crippen molar-refractivity contribution in [2.45, 2.75) is 33.4 Å². The summed E-state index contributed by atoms with van der Waals surface area (Å²) >= 11 is 5.52. The van der Waals surface area contributed by atoms with Crippen LogP contribution in [0, 0.1) is 18.6 Å². The molecule has 0 saturated carbocycles. The normalized spacial score (nSPS) is 15.9. The Kier molecular flexibility index (Phi) is 3.67. The van der Waals surface area contributed by atoms with E-state index in [1.807, 2.05) is 16.8 Å². The zero-order chi connectivity index (χ0) is 14.1. The zero-order valence-electron chi connectivity index (χ0n) is 11.9. The molecule has 0 radical (unpaired) electrons. The standard InChI is InChI=1S/C14H19N5S/c1-11-6-5-7-13(12(11)2)19-14(20)18(15-16-19)10-17-8-3-4-9-17/h5-7H,3-4,8-10H2,1-2H3. The number of tetrazole rings is 1. The Morgan fingerprint density at radius 1 is 1.15 bits per heavy atom. The molecule has 0 aliphatic carbocycles. The number of aryl methyl sites for hydroxylation is 1. The summed E-state index contributed by atoms with van der Waals surface area (Å²) in [7, 11) is 0. The zero-order valence-corrected chi connectivity index (χ0v) is 12.7. The monoisotopic (exact) mass is 289 g/mol. The second-order valence-electron chi connectivity index (χ2n) is 5.36. The molecule has 6 heteroatoms. The fraction of sp³-hybridized carbons (Fsp3) is 0.500. The quantitative estimate of drug-likeness (QED) is 0.814. The number of nitrogens with zero attached hydrogens (tertiary/aromatic N) is 5. The molecule has 1 saturated heterocycles. The molecule has 0 amide bonds. The van der Waals surface area contributed by atoms with E-state index < -0.39 is 0 Å². The predicted octanol–water partition coefficient (Wildman–Crippen LogP) is 2.47. The number of rotatable bonds is 3. The lowest BCUT2D eigenvalue weighted by Gasteiger charge is -2.13. The lowest BCUT2D eigenvalue weighted by Crippen LogP contribution is -2.23. The first-order chi connectivity index (χ1) is 9.66. The number of hydrogen-bond donors (Lipinski definition) is 0. The van der Waals surface area contributed by atoms with Crippen molar-refractivity contribution >= 4 is 12.2 Å². The summed E-state index contributed by atoms with van der Waals surface area (Å²) in [5.74, 6) is 0. The van der Waals surface area contributed by atoms with Crippen LogP contribution in [0.5, 0.6) is 0 Å². The molecule has 1 aromatic heterocycles. The highest BCUT2D eigenvalue weighted by atomic mass is 32.1. The molecule has 0 bridgehead atoms. The number of hydrogen-bond acceptors (Lipinski definition) is 4. The summed E-state index contributed by atoms with van der Waals surface area (Å²) in [5, 5.41) is 8.44.